The number of esters is 1. The number of carbonyl (C=O) groups is 3. The molecular formula is C14H12F3NO4. The van der Waals surface area contributed by atoms with E-state index in [1.165, 1.54) is 18.2 Å². The second-order valence-electron chi connectivity index (χ2n) is 4.69. The lowest BCUT2D eigenvalue weighted by Crippen LogP contribution is -2.37. The molecule has 1 aliphatic rings. The van der Waals surface area contributed by atoms with Crippen molar-refractivity contribution in [2.75, 3.05) is 6.61 Å². The van der Waals surface area contributed by atoms with E-state index in [1.807, 2.05) is 0 Å². The number of Topliss-reactive ketones (excluding diaryl/α,β-unsaturated/α-hetero) is 1. The van der Waals surface area contributed by atoms with Crippen LogP contribution in [0.1, 0.15) is 28.4 Å². The third-order valence-electron chi connectivity index (χ3n) is 3.18. The summed E-state index contributed by atoms with van der Waals surface area (Å²) in [5, 5.41) is 0. The topological polar surface area (TPSA) is 63.7 Å². The molecule has 0 spiro atoms. The van der Waals surface area contributed by atoms with Crippen LogP contribution in [0.3, 0.4) is 0 Å². The highest BCUT2D eigenvalue weighted by Gasteiger charge is 2.44. The fourth-order valence-corrected chi connectivity index (χ4v) is 2.17. The molecule has 0 saturated carbocycles. The molecule has 1 aromatic rings. The van der Waals surface area contributed by atoms with Gasteiger partial charge in [-0.1, -0.05) is 12.1 Å². The molecule has 0 unspecified atom stereocenters. The maximum Gasteiger partial charge on any atom is 0.471 e. The zero-order valence-electron chi connectivity index (χ0n) is 11.6. The predicted molar refractivity (Wildman–Crippen MR) is 67.7 cm³/mol. The van der Waals surface area contributed by atoms with Crippen molar-refractivity contribution >= 4 is 17.7 Å². The van der Waals surface area contributed by atoms with Crippen LogP contribution in [0.25, 0.3) is 0 Å². The van der Waals surface area contributed by atoms with Gasteiger partial charge in [0.25, 0.3) is 5.78 Å². The number of rotatable bonds is 3. The molecular weight excluding hydrogens is 303 g/mol. The van der Waals surface area contributed by atoms with E-state index in [2.05, 4.69) is 4.74 Å². The van der Waals surface area contributed by atoms with Crippen LogP contribution in [0, 0.1) is 0 Å². The number of benzene rings is 1. The van der Waals surface area contributed by atoms with Crippen LogP contribution >= 0.6 is 0 Å². The van der Waals surface area contributed by atoms with Gasteiger partial charge in [0, 0.05) is 18.7 Å². The van der Waals surface area contributed by atoms with Gasteiger partial charge in [-0.25, -0.2) is 4.79 Å². The van der Waals surface area contributed by atoms with Gasteiger partial charge in [0.15, 0.2) is 0 Å². The predicted octanol–water partition coefficient (Wildman–Crippen LogP) is 1.84. The lowest BCUT2D eigenvalue weighted by molar-refractivity contribution is -0.186. The average Bonchev–Trinajstić information content (AvgIpc) is 2.87. The van der Waals surface area contributed by atoms with Gasteiger partial charge in [-0.15, -0.1) is 0 Å². The van der Waals surface area contributed by atoms with E-state index in [-0.39, 0.29) is 25.3 Å². The molecule has 0 radical (unpaired) electrons. The Morgan fingerprint density at radius 3 is 2.41 bits per heavy atom. The Morgan fingerprint density at radius 1 is 1.18 bits per heavy atom. The molecule has 0 N–H and O–H groups in total. The molecule has 1 aromatic carbocycles. The van der Waals surface area contributed by atoms with Gasteiger partial charge in [0.1, 0.15) is 0 Å². The summed E-state index contributed by atoms with van der Waals surface area (Å²) in [6.45, 7) is 1.16. The van der Waals surface area contributed by atoms with Crippen molar-refractivity contribution in [3.05, 3.63) is 34.9 Å². The molecule has 0 bridgehead atoms. The van der Waals surface area contributed by atoms with Crippen molar-refractivity contribution < 1.29 is 32.3 Å². The Hall–Kier alpha value is -2.38. The Morgan fingerprint density at radius 2 is 1.82 bits per heavy atom. The zero-order chi connectivity index (χ0) is 16.5. The molecule has 1 amide bonds. The van der Waals surface area contributed by atoms with Crippen LogP contribution in [-0.4, -0.2) is 35.3 Å². The van der Waals surface area contributed by atoms with Crippen molar-refractivity contribution in [3.63, 3.8) is 0 Å². The summed E-state index contributed by atoms with van der Waals surface area (Å²) >= 11 is 0. The van der Waals surface area contributed by atoms with Gasteiger partial charge < -0.3 is 9.64 Å². The highest BCUT2D eigenvalue weighted by Crippen LogP contribution is 2.28. The lowest BCUT2D eigenvalue weighted by Gasteiger charge is -2.16. The molecule has 22 heavy (non-hydrogen) atoms. The van der Waals surface area contributed by atoms with Crippen LogP contribution in [0.15, 0.2) is 18.2 Å². The molecule has 0 fully saturated rings. The van der Waals surface area contributed by atoms with E-state index >= 15 is 0 Å². The number of halogens is 3. The summed E-state index contributed by atoms with van der Waals surface area (Å²) in [6.07, 6.45) is -4.94. The van der Waals surface area contributed by atoms with Crippen molar-refractivity contribution in [1.29, 1.82) is 0 Å². The first-order chi connectivity index (χ1) is 10.2. The molecule has 1 heterocycles. The van der Waals surface area contributed by atoms with Crippen molar-refractivity contribution in [2.45, 2.75) is 26.2 Å². The molecule has 5 nitrogen and oxygen atoms in total. The molecule has 0 aromatic heterocycles. The standard InChI is InChI=1S/C14H12F3NO4/c1-2-22-12(20)11(19)8-3-4-9-6-18(7-10(9)5-8)13(21)14(15,16)17/h3-5H,2,6-7H2,1H3. The van der Waals surface area contributed by atoms with Crippen molar-refractivity contribution in [2.24, 2.45) is 0 Å². The number of nitrogens with zero attached hydrogens (tertiary/aromatic N) is 1. The fourth-order valence-electron chi connectivity index (χ4n) is 2.17. The highest BCUT2D eigenvalue weighted by molar-refractivity contribution is 6.40. The Balaban J connectivity index is 2.18. The van der Waals surface area contributed by atoms with E-state index in [9.17, 15) is 27.6 Å². The monoisotopic (exact) mass is 315 g/mol. The molecule has 2 rings (SSSR count). The van der Waals surface area contributed by atoms with E-state index < -0.39 is 23.8 Å². The lowest BCUT2D eigenvalue weighted by atomic mass is 10.0. The molecule has 0 aliphatic carbocycles. The zero-order valence-corrected chi connectivity index (χ0v) is 11.6. The number of hydrogen-bond donors (Lipinski definition) is 0. The van der Waals surface area contributed by atoms with Crippen LogP contribution < -0.4 is 0 Å². The SMILES string of the molecule is CCOC(=O)C(=O)c1ccc2c(c1)CN(C(=O)C(F)(F)F)C2. The van der Waals surface area contributed by atoms with E-state index in [0.717, 1.165) is 0 Å². The van der Waals surface area contributed by atoms with Crippen molar-refractivity contribution in [3.8, 4) is 0 Å². The minimum Gasteiger partial charge on any atom is -0.460 e. The molecule has 0 saturated heterocycles. The van der Waals surface area contributed by atoms with Gasteiger partial charge in [-0.05, 0) is 24.1 Å². The number of hydrogen-bond acceptors (Lipinski definition) is 4. The smallest absolute Gasteiger partial charge is 0.460 e. The first-order valence-corrected chi connectivity index (χ1v) is 6.43. The van der Waals surface area contributed by atoms with Crippen molar-refractivity contribution in [1.82, 2.24) is 4.90 Å². The maximum absolute atomic E-state index is 12.4. The van der Waals surface area contributed by atoms with Crippen LogP contribution in [0.5, 0.6) is 0 Å². The minimum absolute atomic E-state index is 0.0264. The molecule has 1 aliphatic heterocycles. The number of fused-ring (bicyclic) bond motifs is 1. The summed E-state index contributed by atoms with van der Waals surface area (Å²) in [5.74, 6) is -3.82. The normalized spacial score (nSPS) is 13.7. The number of carbonyl (C=O) groups excluding carboxylic acids is 3. The quantitative estimate of drug-likeness (QED) is 0.485. The molecule has 8 heteroatoms. The number of ether oxygens (including phenoxy) is 1. The van der Waals surface area contributed by atoms with Gasteiger partial charge in [-0.2, -0.15) is 13.2 Å². The third-order valence-corrected chi connectivity index (χ3v) is 3.18. The van der Waals surface area contributed by atoms with E-state index in [0.29, 0.717) is 16.0 Å². The van der Waals surface area contributed by atoms with E-state index in [1.54, 1.807) is 6.92 Å². The second-order valence-corrected chi connectivity index (χ2v) is 4.69. The largest absolute Gasteiger partial charge is 0.471 e. The summed E-state index contributed by atoms with van der Waals surface area (Å²) in [4.78, 5) is 35.0. The van der Waals surface area contributed by atoms with Crippen LogP contribution in [0.2, 0.25) is 0 Å². The Labute approximate surface area is 123 Å². The molecule has 118 valence electrons. The minimum atomic E-state index is -4.94. The van der Waals surface area contributed by atoms with E-state index in [4.69, 9.17) is 0 Å². The first kappa shape index (κ1) is 16.0. The fraction of sp³-hybridized carbons (Fsp3) is 0.357. The number of alkyl halides is 3. The van der Waals surface area contributed by atoms with Crippen LogP contribution in [-0.2, 0) is 27.4 Å². The Bertz CT molecular complexity index is 639. The first-order valence-electron chi connectivity index (χ1n) is 6.43. The molecule has 0 atom stereocenters. The van der Waals surface area contributed by atoms with Gasteiger partial charge in [0.2, 0.25) is 0 Å². The highest BCUT2D eigenvalue weighted by atomic mass is 19.4. The number of amides is 1. The van der Waals surface area contributed by atoms with Gasteiger partial charge in [-0.3, -0.25) is 9.59 Å². The maximum atomic E-state index is 12.4. The third kappa shape index (κ3) is 3.10. The summed E-state index contributed by atoms with van der Waals surface area (Å²) in [7, 11) is 0. The average molecular weight is 315 g/mol. The Kier molecular flexibility index (Phi) is 4.20. The number of ketones is 1. The van der Waals surface area contributed by atoms with Gasteiger partial charge in [0.05, 0.1) is 6.61 Å². The summed E-state index contributed by atoms with van der Waals surface area (Å²) in [5.41, 5.74) is 0.948. The van der Waals surface area contributed by atoms with Gasteiger partial charge >= 0.3 is 18.1 Å². The summed E-state index contributed by atoms with van der Waals surface area (Å²) in [6, 6.07) is 4.09. The van der Waals surface area contributed by atoms with Crippen LogP contribution in [0.4, 0.5) is 13.2 Å². The summed E-state index contributed by atoms with van der Waals surface area (Å²) < 4.78 is 41.8. The second kappa shape index (κ2) is 5.78.